The van der Waals surface area contributed by atoms with E-state index in [0.29, 0.717) is 0 Å². The Labute approximate surface area is 346 Å². The van der Waals surface area contributed by atoms with Crippen molar-refractivity contribution < 1.29 is 0 Å². The summed E-state index contributed by atoms with van der Waals surface area (Å²) in [7, 11) is 0. The molecule has 59 heavy (non-hydrogen) atoms. The van der Waals surface area contributed by atoms with Gasteiger partial charge in [0.05, 0.1) is 22.4 Å². The molecule has 10 aromatic carbocycles. The van der Waals surface area contributed by atoms with Crippen molar-refractivity contribution in [3.05, 3.63) is 218 Å². The molecule has 0 fully saturated rings. The summed E-state index contributed by atoms with van der Waals surface area (Å²) in [5.41, 5.74) is 11.9. The standard InChI is InChI=1S/C56H36N2S/c1-3-16-44-38(12-1)14-9-23-51(44)57(43-33-28-40(29-34-43)46-20-11-21-49-48-19-6-8-25-55(48)59-56(46)49)42-31-26-37(27-32-42)41-30-35-54-50(36-41)47-18-5-7-22-53(47)58(54)52-24-10-15-39-13-2-4-17-45(39)52/h1-36H. The summed E-state index contributed by atoms with van der Waals surface area (Å²) in [5, 5.41) is 10.1. The Hall–Kier alpha value is -7.46. The number of para-hydroxylation sites is 1. The zero-order valence-electron chi connectivity index (χ0n) is 32.1. The van der Waals surface area contributed by atoms with Crippen molar-refractivity contribution in [2.24, 2.45) is 0 Å². The number of benzene rings is 10. The molecule has 276 valence electrons. The lowest BCUT2D eigenvalue weighted by atomic mass is 10.0. The number of nitrogens with zero attached hydrogens (tertiary/aromatic N) is 2. The van der Waals surface area contributed by atoms with Crippen molar-refractivity contribution in [1.29, 1.82) is 0 Å². The van der Waals surface area contributed by atoms with Crippen molar-refractivity contribution >= 4 is 91.9 Å². The van der Waals surface area contributed by atoms with Crippen LogP contribution in [-0.2, 0) is 0 Å². The van der Waals surface area contributed by atoms with Gasteiger partial charge < -0.3 is 9.47 Å². The van der Waals surface area contributed by atoms with Gasteiger partial charge in [0.1, 0.15) is 0 Å². The van der Waals surface area contributed by atoms with Gasteiger partial charge in [0, 0.05) is 53.1 Å². The molecule has 0 aliphatic carbocycles. The average molecular weight is 769 g/mol. The van der Waals surface area contributed by atoms with Gasteiger partial charge in [-0.15, -0.1) is 11.3 Å². The third-order valence-electron chi connectivity index (χ3n) is 12.0. The van der Waals surface area contributed by atoms with Crippen LogP contribution in [0, 0.1) is 0 Å². The Morgan fingerprint density at radius 1 is 0.356 bits per heavy atom. The molecule has 3 heteroatoms. The van der Waals surface area contributed by atoms with E-state index in [-0.39, 0.29) is 0 Å². The average Bonchev–Trinajstić information content (AvgIpc) is 3.85. The summed E-state index contributed by atoms with van der Waals surface area (Å²) in [6.45, 7) is 0. The van der Waals surface area contributed by atoms with Crippen LogP contribution in [0.25, 0.3) is 91.5 Å². The maximum atomic E-state index is 2.43. The minimum atomic E-state index is 1.11. The van der Waals surface area contributed by atoms with Crippen LogP contribution in [0.4, 0.5) is 17.1 Å². The first-order valence-corrected chi connectivity index (χ1v) is 21.0. The Morgan fingerprint density at radius 2 is 0.915 bits per heavy atom. The highest BCUT2D eigenvalue weighted by atomic mass is 32.1. The summed E-state index contributed by atoms with van der Waals surface area (Å²) in [5.74, 6) is 0. The van der Waals surface area contributed by atoms with E-state index in [9.17, 15) is 0 Å². The molecular formula is C56H36N2S. The molecule has 0 bridgehead atoms. The largest absolute Gasteiger partial charge is 0.310 e. The van der Waals surface area contributed by atoms with E-state index in [1.807, 2.05) is 11.3 Å². The first-order chi connectivity index (χ1) is 29.3. The molecule has 2 heterocycles. The van der Waals surface area contributed by atoms with Crippen LogP contribution >= 0.6 is 11.3 Å². The first kappa shape index (κ1) is 33.7. The normalized spacial score (nSPS) is 11.7. The molecule has 0 amide bonds. The zero-order valence-corrected chi connectivity index (χ0v) is 32.9. The van der Waals surface area contributed by atoms with E-state index >= 15 is 0 Å². The van der Waals surface area contributed by atoms with Crippen LogP contribution in [0.2, 0.25) is 0 Å². The molecule has 0 N–H and O–H groups in total. The van der Waals surface area contributed by atoms with Crippen LogP contribution < -0.4 is 4.90 Å². The highest BCUT2D eigenvalue weighted by Crippen LogP contribution is 2.44. The van der Waals surface area contributed by atoms with Crippen LogP contribution in [0.3, 0.4) is 0 Å². The highest BCUT2D eigenvalue weighted by molar-refractivity contribution is 7.26. The van der Waals surface area contributed by atoms with Crippen LogP contribution in [0.5, 0.6) is 0 Å². The molecule has 0 unspecified atom stereocenters. The third kappa shape index (κ3) is 5.47. The smallest absolute Gasteiger partial charge is 0.0541 e. The summed E-state index contributed by atoms with van der Waals surface area (Å²) in [4.78, 5) is 2.40. The fraction of sp³-hybridized carbons (Fsp3) is 0. The Morgan fingerprint density at radius 3 is 1.71 bits per heavy atom. The molecule has 0 aliphatic rings. The lowest BCUT2D eigenvalue weighted by Crippen LogP contribution is -2.10. The Kier molecular flexibility index (Phi) is 7.75. The predicted octanol–water partition coefficient (Wildman–Crippen LogP) is 16.3. The lowest BCUT2D eigenvalue weighted by molar-refractivity contribution is 1.20. The first-order valence-electron chi connectivity index (χ1n) is 20.2. The number of aromatic nitrogens is 1. The van der Waals surface area contributed by atoms with Gasteiger partial charge >= 0.3 is 0 Å². The fourth-order valence-electron chi connectivity index (χ4n) is 9.21. The molecule has 0 saturated heterocycles. The van der Waals surface area contributed by atoms with Crippen LogP contribution in [0.15, 0.2) is 218 Å². The van der Waals surface area contributed by atoms with Gasteiger partial charge in [0.2, 0.25) is 0 Å². The molecule has 12 aromatic rings. The van der Waals surface area contributed by atoms with Crippen molar-refractivity contribution in [2.75, 3.05) is 4.90 Å². The highest BCUT2D eigenvalue weighted by Gasteiger charge is 2.18. The maximum Gasteiger partial charge on any atom is 0.0541 e. The molecule has 0 radical (unpaired) electrons. The molecule has 0 aliphatic heterocycles. The number of hydrogen-bond donors (Lipinski definition) is 0. The number of fused-ring (bicyclic) bond motifs is 8. The van der Waals surface area contributed by atoms with Crippen molar-refractivity contribution in [2.45, 2.75) is 0 Å². The number of rotatable bonds is 6. The van der Waals surface area contributed by atoms with Gasteiger partial charge in [-0.1, -0.05) is 158 Å². The van der Waals surface area contributed by atoms with E-state index in [0.717, 1.165) is 17.1 Å². The van der Waals surface area contributed by atoms with Crippen LogP contribution in [-0.4, -0.2) is 4.57 Å². The van der Waals surface area contributed by atoms with E-state index in [4.69, 9.17) is 0 Å². The number of thiophene rings is 1. The van der Waals surface area contributed by atoms with E-state index in [2.05, 4.69) is 228 Å². The number of hydrogen-bond acceptors (Lipinski definition) is 2. The Bertz CT molecular complexity index is 3540. The van der Waals surface area contributed by atoms with E-state index < -0.39 is 0 Å². The second-order valence-electron chi connectivity index (χ2n) is 15.3. The van der Waals surface area contributed by atoms with Gasteiger partial charge in [0.25, 0.3) is 0 Å². The molecular weight excluding hydrogens is 733 g/mol. The lowest BCUT2D eigenvalue weighted by Gasteiger charge is -2.27. The zero-order chi connectivity index (χ0) is 38.9. The van der Waals surface area contributed by atoms with Gasteiger partial charge in [-0.3, -0.25) is 0 Å². The summed E-state index contributed by atoms with van der Waals surface area (Å²) >= 11 is 1.88. The summed E-state index contributed by atoms with van der Waals surface area (Å²) in [6.07, 6.45) is 0. The maximum absolute atomic E-state index is 2.43. The van der Waals surface area contributed by atoms with Crippen LogP contribution in [0.1, 0.15) is 0 Å². The van der Waals surface area contributed by atoms with Crippen molar-refractivity contribution in [3.8, 4) is 27.9 Å². The van der Waals surface area contributed by atoms with E-state index in [1.54, 1.807) is 0 Å². The Balaban J connectivity index is 0.958. The third-order valence-corrected chi connectivity index (χ3v) is 13.2. The van der Waals surface area contributed by atoms with E-state index in [1.165, 1.54) is 91.5 Å². The van der Waals surface area contributed by atoms with Crippen molar-refractivity contribution in [1.82, 2.24) is 4.57 Å². The second-order valence-corrected chi connectivity index (χ2v) is 16.3. The minimum absolute atomic E-state index is 1.11. The van der Waals surface area contributed by atoms with Gasteiger partial charge in [-0.2, -0.15) is 0 Å². The monoisotopic (exact) mass is 768 g/mol. The molecule has 12 rings (SSSR count). The molecule has 2 aromatic heterocycles. The van der Waals surface area contributed by atoms with Crippen molar-refractivity contribution in [3.63, 3.8) is 0 Å². The quantitative estimate of drug-likeness (QED) is 0.164. The minimum Gasteiger partial charge on any atom is -0.310 e. The second kappa shape index (κ2) is 13.6. The summed E-state index contributed by atoms with van der Waals surface area (Å²) in [6, 6.07) is 79.9. The van der Waals surface area contributed by atoms with Gasteiger partial charge in [-0.05, 0) is 93.7 Å². The summed E-state index contributed by atoms with van der Waals surface area (Å²) < 4.78 is 5.08. The fourth-order valence-corrected chi connectivity index (χ4v) is 10.5. The van der Waals surface area contributed by atoms with Gasteiger partial charge in [-0.25, -0.2) is 0 Å². The van der Waals surface area contributed by atoms with Gasteiger partial charge in [0.15, 0.2) is 0 Å². The predicted molar refractivity (Wildman–Crippen MR) is 254 cm³/mol. The molecule has 0 atom stereocenters. The number of anilines is 3. The molecule has 0 spiro atoms. The topological polar surface area (TPSA) is 8.17 Å². The molecule has 0 saturated carbocycles. The molecule has 2 nitrogen and oxygen atoms in total. The SMILES string of the molecule is c1ccc2c(N(c3ccc(-c4ccc5c(c4)c4ccccc4n5-c4cccc5ccccc45)cc3)c3ccc(-c4cccc5c4sc4ccccc45)cc3)cccc2c1.